The van der Waals surface area contributed by atoms with Gasteiger partial charge in [-0.15, -0.1) is 0 Å². The predicted molar refractivity (Wildman–Crippen MR) is 76.1 cm³/mol. The highest BCUT2D eigenvalue weighted by Crippen LogP contribution is 2.18. The van der Waals surface area contributed by atoms with Crippen molar-refractivity contribution in [2.75, 3.05) is 19.3 Å². The number of nitrogens with zero attached hydrogens (tertiary/aromatic N) is 2. The number of carbonyl (C=O) groups excluding carboxylic acids is 1. The number of urea groups is 1. The van der Waals surface area contributed by atoms with Crippen LogP contribution in [0.4, 0.5) is 4.79 Å². The van der Waals surface area contributed by atoms with Crippen LogP contribution in [0.2, 0.25) is 0 Å². The number of aromatic hydroxyl groups is 1. The molecule has 19 heavy (non-hydrogen) atoms. The number of pyridine rings is 1. The molecule has 1 aromatic heterocycles. The molecule has 0 saturated carbocycles. The Bertz CT molecular complexity index is 452. The van der Waals surface area contributed by atoms with E-state index >= 15 is 0 Å². The first kappa shape index (κ1) is 15.1. The average molecular weight is 283 g/mol. The minimum atomic E-state index is -0.654. The summed E-state index contributed by atoms with van der Waals surface area (Å²) < 4.78 is 0. The van der Waals surface area contributed by atoms with E-state index in [1.165, 1.54) is 0 Å². The zero-order valence-electron chi connectivity index (χ0n) is 10.6. The van der Waals surface area contributed by atoms with Crippen LogP contribution in [-0.2, 0) is 5.75 Å². The molecule has 0 spiro atoms. The lowest BCUT2D eigenvalue weighted by Crippen LogP contribution is -2.44. The molecule has 0 radical (unpaired) electrons. The number of hydrogen-bond donors (Lipinski definition) is 4. The van der Waals surface area contributed by atoms with Crippen molar-refractivity contribution >= 4 is 23.8 Å². The Morgan fingerprint density at radius 1 is 1.63 bits per heavy atom. The lowest BCUT2D eigenvalue weighted by molar-refractivity contribution is 0.253. The van der Waals surface area contributed by atoms with Gasteiger partial charge in [0.25, 0.3) is 0 Å². The number of amides is 2. The van der Waals surface area contributed by atoms with Crippen LogP contribution in [0.25, 0.3) is 0 Å². The first-order valence-corrected chi connectivity index (χ1v) is 6.76. The number of nitrogens with one attached hydrogen (secondary N) is 2. The van der Waals surface area contributed by atoms with E-state index in [9.17, 15) is 9.90 Å². The van der Waals surface area contributed by atoms with Crippen LogP contribution in [-0.4, -0.2) is 41.4 Å². The van der Waals surface area contributed by atoms with Gasteiger partial charge in [-0.2, -0.15) is 11.8 Å². The first-order chi connectivity index (χ1) is 9.13. The monoisotopic (exact) mass is 283 g/mol. The van der Waals surface area contributed by atoms with Crippen LogP contribution in [0.1, 0.15) is 5.69 Å². The Kier molecular flexibility index (Phi) is 6.51. The normalized spacial score (nSPS) is 11.1. The molecule has 7 nitrogen and oxygen atoms in total. The zero-order valence-corrected chi connectivity index (χ0v) is 11.4. The van der Waals surface area contributed by atoms with Gasteiger partial charge in [-0.3, -0.25) is 15.3 Å². The van der Waals surface area contributed by atoms with Crippen molar-refractivity contribution in [2.45, 2.75) is 5.75 Å². The summed E-state index contributed by atoms with van der Waals surface area (Å²) in [6, 6.07) is 2.64. The zero-order chi connectivity index (χ0) is 14.1. The molecule has 2 amide bonds. The van der Waals surface area contributed by atoms with E-state index in [1.807, 2.05) is 0 Å². The molecule has 0 aromatic carbocycles. The van der Waals surface area contributed by atoms with Gasteiger partial charge in [0.2, 0.25) is 0 Å². The third-order valence-corrected chi connectivity index (χ3v) is 3.08. The Balaban J connectivity index is 2.21. The quantitative estimate of drug-likeness (QED) is 0.352. The summed E-state index contributed by atoms with van der Waals surface area (Å²) in [6.45, 7) is 0.616. The standard InChI is InChI=1S/C11H17N5O2S/c1-13-11(16-10(12)18)15-5-6-19-7-8-9(17)3-2-4-14-8/h2-4,17H,5-7H2,1H3,(H4,12,13,15,16,18). The average Bonchev–Trinajstić information content (AvgIpc) is 2.38. The van der Waals surface area contributed by atoms with Crippen molar-refractivity contribution in [1.29, 1.82) is 0 Å². The second-order valence-electron chi connectivity index (χ2n) is 3.51. The topological polar surface area (TPSA) is 113 Å². The molecule has 0 unspecified atom stereocenters. The summed E-state index contributed by atoms with van der Waals surface area (Å²) >= 11 is 1.61. The third kappa shape index (κ3) is 5.96. The maximum Gasteiger partial charge on any atom is 0.318 e. The Morgan fingerprint density at radius 3 is 3.05 bits per heavy atom. The number of hydrogen-bond acceptors (Lipinski definition) is 5. The lowest BCUT2D eigenvalue weighted by Gasteiger charge is -2.08. The van der Waals surface area contributed by atoms with E-state index in [2.05, 4.69) is 20.6 Å². The van der Waals surface area contributed by atoms with Gasteiger partial charge in [0.05, 0.1) is 5.69 Å². The highest BCUT2D eigenvalue weighted by Gasteiger charge is 2.02. The second-order valence-corrected chi connectivity index (χ2v) is 4.62. The highest BCUT2D eigenvalue weighted by atomic mass is 32.2. The largest absolute Gasteiger partial charge is 0.506 e. The maximum absolute atomic E-state index is 10.6. The van der Waals surface area contributed by atoms with Crippen molar-refractivity contribution in [3.8, 4) is 5.75 Å². The summed E-state index contributed by atoms with van der Waals surface area (Å²) in [4.78, 5) is 18.5. The first-order valence-electron chi connectivity index (χ1n) is 5.61. The molecule has 0 aliphatic carbocycles. The minimum Gasteiger partial charge on any atom is -0.506 e. The fourth-order valence-electron chi connectivity index (χ4n) is 1.25. The van der Waals surface area contributed by atoms with Gasteiger partial charge in [0.1, 0.15) is 5.75 Å². The van der Waals surface area contributed by atoms with Crippen LogP contribution in [0, 0.1) is 0 Å². The van der Waals surface area contributed by atoms with Crippen LogP contribution >= 0.6 is 11.8 Å². The van der Waals surface area contributed by atoms with Crippen molar-refractivity contribution in [1.82, 2.24) is 15.6 Å². The van der Waals surface area contributed by atoms with E-state index < -0.39 is 6.03 Å². The fourth-order valence-corrected chi connectivity index (χ4v) is 2.05. The molecule has 8 heteroatoms. The fraction of sp³-hybridized carbons (Fsp3) is 0.364. The number of nitrogens with two attached hydrogens (primary N) is 1. The van der Waals surface area contributed by atoms with Gasteiger partial charge < -0.3 is 16.2 Å². The Hall–Kier alpha value is -1.96. The van der Waals surface area contributed by atoms with E-state index in [-0.39, 0.29) is 5.75 Å². The van der Waals surface area contributed by atoms with Crippen LogP contribution in [0.15, 0.2) is 23.3 Å². The van der Waals surface area contributed by atoms with E-state index in [1.54, 1.807) is 37.1 Å². The van der Waals surface area contributed by atoms with Gasteiger partial charge >= 0.3 is 6.03 Å². The molecule has 0 fully saturated rings. The number of thioether (sulfide) groups is 1. The van der Waals surface area contributed by atoms with Crippen molar-refractivity contribution in [2.24, 2.45) is 10.7 Å². The van der Waals surface area contributed by atoms with Crippen LogP contribution < -0.4 is 16.4 Å². The number of guanidine groups is 1. The van der Waals surface area contributed by atoms with E-state index in [4.69, 9.17) is 5.73 Å². The second kappa shape index (κ2) is 8.20. The van der Waals surface area contributed by atoms with Crippen LogP contribution in [0.5, 0.6) is 5.75 Å². The summed E-state index contributed by atoms with van der Waals surface area (Å²) in [5, 5.41) is 14.8. The third-order valence-electron chi connectivity index (χ3n) is 2.11. The summed E-state index contributed by atoms with van der Waals surface area (Å²) in [5.41, 5.74) is 5.64. The van der Waals surface area contributed by atoms with Gasteiger partial charge in [0, 0.05) is 31.3 Å². The van der Waals surface area contributed by atoms with Gasteiger partial charge in [-0.25, -0.2) is 4.79 Å². The Morgan fingerprint density at radius 2 is 2.42 bits per heavy atom. The number of rotatable bonds is 5. The number of aromatic nitrogens is 1. The molecule has 0 atom stereocenters. The molecule has 1 rings (SSSR count). The molecule has 0 saturated heterocycles. The lowest BCUT2D eigenvalue weighted by atomic mass is 10.3. The highest BCUT2D eigenvalue weighted by molar-refractivity contribution is 7.98. The number of primary amides is 1. The SMILES string of the molecule is CN=C(NCCSCc1ncccc1O)NC(N)=O. The number of aliphatic imine (C=N–C) groups is 1. The van der Waals surface area contributed by atoms with Gasteiger partial charge in [-0.05, 0) is 12.1 Å². The number of carbonyl (C=O) groups is 1. The molecule has 0 bridgehead atoms. The molecule has 1 aromatic rings. The van der Waals surface area contributed by atoms with E-state index in [0.717, 1.165) is 5.75 Å². The molecule has 104 valence electrons. The smallest absolute Gasteiger partial charge is 0.318 e. The molecule has 0 aliphatic rings. The van der Waals surface area contributed by atoms with Crippen LogP contribution in [0.3, 0.4) is 0 Å². The minimum absolute atomic E-state index is 0.203. The molecular formula is C11H17N5O2S. The Labute approximate surface area is 115 Å². The molecule has 0 aliphatic heterocycles. The summed E-state index contributed by atoms with van der Waals surface area (Å²) in [5.74, 6) is 1.94. The van der Waals surface area contributed by atoms with Crippen molar-refractivity contribution < 1.29 is 9.90 Å². The molecule has 1 heterocycles. The molecule has 5 N–H and O–H groups in total. The predicted octanol–water partition coefficient (Wildman–Crippen LogP) is 0.264. The van der Waals surface area contributed by atoms with E-state index in [0.29, 0.717) is 24.0 Å². The summed E-state index contributed by atoms with van der Waals surface area (Å²) in [7, 11) is 1.55. The van der Waals surface area contributed by atoms with Gasteiger partial charge in [-0.1, -0.05) is 0 Å². The maximum atomic E-state index is 10.6. The van der Waals surface area contributed by atoms with Gasteiger partial charge in [0.15, 0.2) is 5.96 Å². The summed E-state index contributed by atoms with van der Waals surface area (Å²) in [6.07, 6.45) is 1.65. The van der Waals surface area contributed by atoms with Crippen molar-refractivity contribution in [3.05, 3.63) is 24.0 Å². The molecular weight excluding hydrogens is 266 g/mol. The van der Waals surface area contributed by atoms with Crippen molar-refractivity contribution in [3.63, 3.8) is 0 Å².